The third kappa shape index (κ3) is 5.84. The molecule has 2 aromatic carbocycles. The number of esters is 1. The van der Waals surface area contributed by atoms with Crippen LogP contribution in [0.2, 0.25) is 0 Å². The van der Waals surface area contributed by atoms with E-state index in [4.69, 9.17) is 14.2 Å². The summed E-state index contributed by atoms with van der Waals surface area (Å²) in [4.78, 5) is 53.1. The summed E-state index contributed by atoms with van der Waals surface area (Å²) >= 11 is 0. The predicted octanol–water partition coefficient (Wildman–Crippen LogP) is 3.34. The van der Waals surface area contributed by atoms with Gasteiger partial charge in [0.15, 0.2) is 11.5 Å². The molecule has 206 valence electrons. The molecule has 10 nitrogen and oxygen atoms in total. The molecule has 0 atom stereocenters. The Kier molecular flexibility index (Phi) is 7.20. The maximum Gasteiger partial charge on any atom is 0.332 e. The summed E-state index contributed by atoms with van der Waals surface area (Å²) < 4.78 is 18.5. The third-order valence-corrected chi connectivity index (χ3v) is 6.91. The molecule has 1 aliphatic heterocycles. The van der Waals surface area contributed by atoms with Gasteiger partial charge in [0.05, 0.1) is 17.4 Å². The number of nitrogens with one attached hydrogen (secondary N) is 1. The van der Waals surface area contributed by atoms with Crippen LogP contribution in [0.25, 0.3) is 10.9 Å². The van der Waals surface area contributed by atoms with Crippen LogP contribution < -0.4 is 26.0 Å². The van der Waals surface area contributed by atoms with Gasteiger partial charge >= 0.3 is 11.7 Å². The number of carbonyl (C=O) groups excluding carboxylic acids is 2. The molecule has 1 saturated carbocycles. The number of ether oxygens (including phenoxy) is 3. The average molecular weight is 536 g/mol. The SMILES string of the molecule is CC(C)(C)OC(=O)Cn1c(=O)n(Cc2ccc3c(c2)OCO3)c(=O)c2ccc(C(=O)NC3CCCCC3)cc21. The van der Waals surface area contributed by atoms with E-state index in [1.165, 1.54) is 16.7 Å². The molecule has 0 unspecified atom stereocenters. The molecule has 0 saturated heterocycles. The highest BCUT2D eigenvalue weighted by molar-refractivity contribution is 5.98. The second kappa shape index (κ2) is 10.6. The fourth-order valence-electron chi connectivity index (χ4n) is 5.09. The Morgan fingerprint density at radius 2 is 1.72 bits per heavy atom. The van der Waals surface area contributed by atoms with Crippen molar-refractivity contribution in [3.05, 3.63) is 68.4 Å². The van der Waals surface area contributed by atoms with E-state index in [0.717, 1.165) is 36.7 Å². The minimum atomic E-state index is -0.761. The summed E-state index contributed by atoms with van der Waals surface area (Å²) in [6.45, 7) is 4.86. The van der Waals surface area contributed by atoms with Crippen LogP contribution in [0.3, 0.4) is 0 Å². The van der Waals surface area contributed by atoms with Gasteiger partial charge in [0, 0.05) is 11.6 Å². The monoisotopic (exact) mass is 535 g/mol. The van der Waals surface area contributed by atoms with Crippen LogP contribution in [-0.2, 0) is 22.6 Å². The molecular weight excluding hydrogens is 502 g/mol. The predicted molar refractivity (Wildman–Crippen MR) is 144 cm³/mol. The van der Waals surface area contributed by atoms with Crippen molar-refractivity contribution in [3.63, 3.8) is 0 Å². The molecule has 2 heterocycles. The number of carbonyl (C=O) groups is 2. The number of fused-ring (bicyclic) bond motifs is 2. The van der Waals surface area contributed by atoms with E-state index in [2.05, 4.69) is 5.32 Å². The van der Waals surface area contributed by atoms with E-state index < -0.39 is 29.4 Å². The molecule has 5 rings (SSSR count). The molecule has 0 bridgehead atoms. The summed E-state index contributed by atoms with van der Waals surface area (Å²) in [6, 6.07) is 9.91. The molecule has 1 amide bonds. The van der Waals surface area contributed by atoms with E-state index in [1.807, 2.05) is 0 Å². The van der Waals surface area contributed by atoms with Crippen molar-refractivity contribution in [2.24, 2.45) is 0 Å². The number of hydrogen-bond donors (Lipinski definition) is 1. The number of aromatic nitrogens is 2. The molecule has 2 aliphatic rings. The first kappa shape index (κ1) is 26.5. The molecule has 0 radical (unpaired) electrons. The van der Waals surface area contributed by atoms with Gasteiger partial charge in [0.2, 0.25) is 6.79 Å². The first-order valence-corrected chi connectivity index (χ1v) is 13.3. The van der Waals surface area contributed by atoms with Crippen LogP contribution in [0.15, 0.2) is 46.0 Å². The van der Waals surface area contributed by atoms with E-state index in [9.17, 15) is 19.2 Å². The van der Waals surface area contributed by atoms with Crippen molar-refractivity contribution >= 4 is 22.8 Å². The molecule has 3 aromatic rings. The lowest BCUT2D eigenvalue weighted by Crippen LogP contribution is -2.42. The third-order valence-electron chi connectivity index (χ3n) is 6.91. The number of amides is 1. The van der Waals surface area contributed by atoms with Crippen LogP contribution in [0, 0.1) is 0 Å². The van der Waals surface area contributed by atoms with Crippen LogP contribution in [0.5, 0.6) is 11.5 Å². The Hall–Kier alpha value is -4.08. The molecular formula is C29H33N3O7. The number of benzene rings is 2. The maximum atomic E-state index is 13.7. The first-order chi connectivity index (χ1) is 18.6. The molecule has 10 heteroatoms. The van der Waals surface area contributed by atoms with E-state index in [-0.39, 0.29) is 36.2 Å². The van der Waals surface area contributed by atoms with Gasteiger partial charge in [0.25, 0.3) is 11.5 Å². The Morgan fingerprint density at radius 3 is 2.46 bits per heavy atom. The highest BCUT2D eigenvalue weighted by Gasteiger charge is 2.23. The van der Waals surface area contributed by atoms with Crippen molar-refractivity contribution in [2.45, 2.75) is 77.6 Å². The molecule has 39 heavy (non-hydrogen) atoms. The fraction of sp³-hybridized carbons (Fsp3) is 0.448. The van der Waals surface area contributed by atoms with Gasteiger partial charge in [-0.15, -0.1) is 0 Å². The number of nitrogens with zero attached hydrogens (tertiary/aromatic N) is 2. The minimum absolute atomic E-state index is 0.0392. The molecule has 1 fully saturated rings. The van der Waals surface area contributed by atoms with Gasteiger partial charge in [-0.25, -0.2) is 4.79 Å². The van der Waals surface area contributed by atoms with Gasteiger partial charge in [-0.1, -0.05) is 25.3 Å². The summed E-state index contributed by atoms with van der Waals surface area (Å²) in [7, 11) is 0. The summed E-state index contributed by atoms with van der Waals surface area (Å²) in [5, 5.41) is 3.28. The van der Waals surface area contributed by atoms with E-state index in [1.54, 1.807) is 45.0 Å². The average Bonchev–Trinajstić information content (AvgIpc) is 3.36. The lowest BCUT2D eigenvalue weighted by molar-refractivity contribution is -0.155. The van der Waals surface area contributed by atoms with Gasteiger partial charge in [-0.2, -0.15) is 0 Å². The Morgan fingerprint density at radius 1 is 0.974 bits per heavy atom. The zero-order valence-electron chi connectivity index (χ0n) is 22.5. The van der Waals surface area contributed by atoms with E-state index in [0.29, 0.717) is 22.6 Å². The summed E-state index contributed by atoms with van der Waals surface area (Å²) in [5.74, 6) is 0.218. The maximum absolute atomic E-state index is 13.7. The summed E-state index contributed by atoms with van der Waals surface area (Å²) in [5.41, 5.74) is -0.784. The number of rotatable bonds is 6. The minimum Gasteiger partial charge on any atom is -0.459 e. The van der Waals surface area contributed by atoms with Crippen molar-refractivity contribution in [3.8, 4) is 11.5 Å². The Bertz CT molecular complexity index is 1540. The lowest BCUT2D eigenvalue weighted by atomic mass is 9.95. The van der Waals surface area contributed by atoms with Crippen molar-refractivity contribution in [1.29, 1.82) is 0 Å². The highest BCUT2D eigenvalue weighted by atomic mass is 16.7. The summed E-state index contributed by atoms with van der Waals surface area (Å²) in [6.07, 6.45) is 5.15. The molecule has 0 spiro atoms. The zero-order chi connectivity index (χ0) is 27.7. The van der Waals surface area contributed by atoms with Crippen LogP contribution in [0.4, 0.5) is 0 Å². The molecule has 1 N–H and O–H groups in total. The van der Waals surface area contributed by atoms with Gasteiger partial charge in [-0.3, -0.25) is 23.5 Å². The van der Waals surface area contributed by atoms with Crippen LogP contribution >= 0.6 is 0 Å². The largest absolute Gasteiger partial charge is 0.459 e. The van der Waals surface area contributed by atoms with Crippen molar-refractivity contribution < 1.29 is 23.8 Å². The van der Waals surface area contributed by atoms with Crippen LogP contribution in [-0.4, -0.2) is 39.4 Å². The number of hydrogen-bond acceptors (Lipinski definition) is 7. The Balaban J connectivity index is 1.56. The second-order valence-corrected chi connectivity index (χ2v) is 11.1. The standard InChI is InChI=1S/C29H33N3O7/c1-29(2,3)39-25(33)16-31-22-14-19(26(34)30-20-7-5-4-6-8-20)10-11-21(22)27(35)32(28(31)36)15-18-9-12-23-24(13-18)38-17-37-23/h9-14,20H,4-8,15-17H2,1-3H3,(H,30,34). The van der Waals surface area contributed by atoms with E-state index >= 15 is 0 Å². The lowest BCUT2D eigenvalue weighted by Gasteiger charge is -2.23. The first-order valence-electron chi connectivity index (χ1n) is 13.3. The van der Waals surface area contributed by atoms with Crippen molar-refractivity contribution in [2.75, 3.05) is 6.79 Å². The highest BCUT2D eigenvalue weighted by Crippen LogP contribution is 2.32. The van der Waals surface area contributed by atoms with Crippen LogP contribution in [0.1, 0.15) is 68.8 Å². The molecule has 1 aromatic heterocycles. The van der Waals surface area contributed by atoms with Gasteiger partial charge in [0.1, 0.15) is 12.1 Å². The molecule has 1 aliphatic carbocycles. The fourth-order valence-corrected chi connectivity index (χ4v) is 5.09. The second-order valence-electron chi connectivity index (χ2n) is 11.1. The zero-order valence-corrected chi connectivity index (χ0v) is 22.5. The van der Waals surface area contributed by atoms with Gasteiger partial charge < -0.3 is 19.5 Å². The van der Waals surface area contributed by atoms with Gasteiger partial charge in [-0.05, 0) is 69.5 Å². The van der Waals surface area contributed by atoms with Crippen molar-refractivity contribution in [1.82, 2.24) is 14.5 Å². The topological polar surface area (TPSA) is 118 Å². The normalized spacial score (nSPS) is 15.4. The quantitative estimate of drug-likeness (QED) is 0.481. The smallest absolute Gasteiger partial charge is 0.332 e. The Labute approximate surface area is 225 Å².